The van der Waals surface area contributed by atoms with Crippen molar-refractivity contribution in [2.45, 2.75) is 57.9 Å². The predicted molar refractivity (Wildman–Crippen MR) is 54.5 cm³/mol. The lowest BCUT2D eigenvalue weighted by atomic mass is 9.73. The topological polar surface area (TPSA) is 43.1 Å². The summed E-state index contributed by atoms with van der Waals surface area (Å²) < 4.78 is 0. The Morgan fingerprint density at radius 3 is 2.46 bits per heavy atom. The summed E-state index contributed by atoms with van der Waals surface area (Å²) in [6.07, 6.45) is 5.79. The number of carbonyl (C=O) groups excluding carboxylic acids is 1. The van der Waals surface area contributed by atoms with E-state index in [1.165, 1.54) is 0 Å². The van der Waals surface area contributed by atoms with Crippen LogP contribution in [0.15, 0.2) is 0 Å². The van der Waals surface area contributed by atoms with Gasteiger partial charge in [-0.15, -0.1) is 0 Å². The fourth-order valence-electron chi connectivity index (χ4n) is 1.76. The van der Waals surface area contributed by atoms with Gasteiger partial charge in [0.05, 0.1) is 5.54 Å². The number of nitrogens with two attached hydrogens (primary N) is 1. The SMILES string of the molecule is CC(C)CCCC(=O)C1(N)CCC1. The zero-order valence-corrected chi connectivity index (χ0v) is 8.81. The molecule has 0 saturated heterocycles. The smallest absolute Gasteiger partial charge is 0.152 e. The van der Waals surface area contributed by atoms with E-state index in [0.29, 0.717) is 18.1 Å². The van der Waals surface area contributed by atoms with E-state index < -0.39 is 5.54 Å². The van der Waals surface area contributed by atoms with Crippen molar-refractivity contribution >= 4 is 5.78 Å². The normalized spacial score (nSPS) is 20.0. The molecule has 0 aromatic heterocycles. The van der Waals surface area contributed by atoms with E-state index in [4.69, 9.17) is 5.73 Å². The number of hydrogen-bond donors (Lipinski definition) is 1. The molecule has 0 aromatic rings. The zero-order valence-electron chi connectivity index (χ0n) is 8.81. The predicted octanol–water partition coefficient (Wildman–Crippen LogP) is 2.26. The Kier molecular flexibility index (Phi) is 3.48. The summed E-state index contributed by atoms with van der Waals surface area (Å²) in [5, 5.41) is 0. The molecule has 0 atom stereocenters. The average molecular weight is 183 g/mol. The molecule has 2 nitrogen and oxygen atoms in total. The molecule has 0 radical (unpaired) electrons. The zero-order chi connectivity index (χ0) is 9.90. The highest BCUT2D eigenvalue weighted by molar-refractivity contribution is 5.89. The van der Waals surface area contributed by atoms with Gasteiger partial charge in [0.1, 0.15) is 0 Å². The molecule has 0 aromatic carbocycles. The van der Waals surface area contributed by atoms with Crippen molar-refractivity contribution in [2.24, 2.45) is 11.7 Å². The number of Topliss-reactive ketones (excluding diaryl/α,β-unsaturated/α-hetero) is 1. The van der Waals surface area contributed by atoms with Gasteiger partial charge in [-0.1, -0.05) is 20.3 Å². The Balaban J connectivity index is 2.18. The molecular weight excluding hydrogens is 162 g/mol. The standard InChI is InChI=1S/C11H21NO/c1-9(2)5-3-6-10(13)11(12)7-4-8-11/h9H,3-8,12H2,1-2H3. The Labute approximate surface area is 80.9 Å². The van der Waals surface area contributed by atoms with Gasteiger partial charge in [-0.05, 0) is 31.6 Å². The van der Waals surface area contributed by atoms with Crippen LogP contribution in [0.2, 0.25) is 0 Å². The van der Waals surface area contributed by atoms with Gasteiger partial charge >= 0.3 is 0 Å². The number of hydrogen-bond acceptors (Lipinski definition) is 2. The number of carbonyl (C=O) groups is 1. The highest BCUT2D eigenvalue weighted by Crippen LogP contribution is 2.31. The molecule has 1 rings (SSSR count). The summed E-state index contributed by atoms with van der Waals surface area (Å²) in [6, 6.07) is 0. The minimum Gasteiger partial charge on any atom is -0.319 e. The second-order valence-electron chi connectivity index (χ2n) is 4.72. The number of rotatable bonds is 5. The van der Waals surface area contributed by atoms with E-state index in [1.54, 1.807) is 0 Å². The van der Waals surface area contributed by atoms with Crippen LogP contribution in [0.5, 0.6) is 0 Å². The van der Waals surface area contributed by atoms with Crippen molar-refractivity contribution in [2.75, 3.05) is 0 Å². The van der Waals surface area contributed by atoms with Crippen LogP contribution in [0.25, 0.3) is 0 Å². The third-order valence-corrected chi connectivity index (χ3v) is 2.99. The summed E-state index contributed by atoms with van der Waals surface area (Å²) >= 11 is 0. The lowest BCUT2D eigenvalue weighted by molar-refractivity contribution is -0.127. The molecule has 0 bridgehead atoms. The highest BCUT2D eigenvalue weighted by atomic mass is 16.1. The lowest BCUT2D eigenvalue weighted by Crippen LogP contribution is -2.53. The van der Waals surface area contributed by atoms with Crippen molar-refractivity contribution < 1.29 is 4.79 Å². The van der Waals surface area contributed by atoms with E-state index in [0.717, 1.165) is 32.1 Å². The van der Waals surface area contributed by atoms with Crippen molar-refractivity contribution in [1.29, 1.82) is 0 Å². The Hall–Kier alpha value is -0.370. The maximum Gasteiger partial charge on any atom is 0.152 e. The molecule has 2 heteroatoms. The van der Waals surface area contributed by atoms with Gasteiger partial charge in [0.15, 0.2) is 5.78 Å². The Bertz CT molecular complexity index is 183. The van der Waals surface area contributed by atoms with Gasteiger partial charge in [0, 0.05) is 6.42 Å². The van der Waals surface area contributed by atoms with E-state index in [-0.39, 0.29) is 0 Å². The summed E-state index contributed by atoms with van der Waals surface area (Å²) in [4.78, 5) is 11.6. The highest BCUT2D eigenvalue weighted by Gasteiger charge is 2.38. The van der Waals surface area contributed by atoms with E-state index >= 15 is 0 Å². The molecule has 0 spiro atoms. The van der Waals surface area contributed by atoms with Crippen LogP contribution >= 0.6 is 0 Å². The van der Waals surface area contributed by atoms with E-state index in [9.17, 15) is 4.79 Å². The maximum atomic E-state index is 11.6. The fourth-order valence-corrected chi connectivity index (χ4v) is 1.76. The second kappa shape index (κ2) is 4.23. The largest absolute Gasteiger partial charge is 0.319 e. The Morgan fingerprint density at radius 1 is 1.46 bits per heavy atom. The molecule has 1 saturated carbocycles. The van der Waals surface area contributed by atoms with Gasteiger partial charge in [-0.3, -0.25) is 4.79 Å². The molecule has 0 heterocycles. The first-order chi connectivity index (χ1) is 6.04. The van der Waals surface area contributed by atoms with Crippen molar-refractivity contribution in [3.63, 3.8) is 0 Å². The molecule has 13 heavy (non-hydrogen) atoms. The fraction of sp³-hybridized carbons (Fsp3) is 0.909. The maximum absolute atomic E-state index is 11.6. The molecule has 0 amide bonds. The summed E-state index contributed by atoms with van der Waals surface area (Å²) in [7, 11) is 0. The van der Waals surface area contributed by atoms with Crippen LogP contribution in [0.1, 0.15) is 52.4 Å². The quantitative estimate of drug-likeness (QED) is 0.710. The first kappa shape index (κ1) is 10.7. The first-order valence-electron chi connectivity index (χ1n) is 5.37. The van der Waals surface area contributed by atoms with E-state index in [2.05, 4.69) is 13.8 Å². The molecule has 0 unspecified atom stereocenters. The summed E-state index contributed by atoms with van der Waals surface area (Å²) in [5.74, 6) is 0.988. The molecule has 76 valence electrons. The van der Waals surface area contributed by atoms with Crippen molar-refractivity contribution in [1.82, 2.24) is 0 Å². The molecule has 1 aliphatic rings. The van der Waals surface area contributed by atoms with Crippen LogP contribution in [-0.4, -0.2) is 11.3 Å². The van der Waals surface area contributed by atoms with E-state index in [1.807, 2.05) is 0 Å². The van der Waals surface area contributed by atoms with Crippen LogP contribution in [0, 0.1) is 5.92 Å². The monoisotopic (exact) mass is 183 g/mol. The van der Waals surface area contributed by atoms with Crippen molar-refractivity contribution in [3.8, 4) is 0 Å². The first-order valence-corrected chi connectivity index (χ1v) is 5.37. The lowest BCUT2D eigenvalue weighted by Gasteiger charge is -2.36. The minimum atomic E-state index is -0.420. The molecule has 2 N–H and O–H groups in total. The number of ketones is 1. The van der Waals surface area contributed by atoms with Gasteiger partial charge < -0.3 is 5.73 Å². The van der Waals surface area contributed by atoms with Crippen LogP contribution in [-0.2, 0) is 4.79 Å². The van der Waals surface area contributed by atoms with Crippen molar-refractivity contribution in [3.05, 3.63) is 0 Å². The van der Waals surface area contributed by atoms with Gasteiger partial charge in [0.2, 0.25) is 0 Å². The third kappa shape index (κ3) is 2.80. The third-order valence-electron chi connectivity index (χ3n) is 2.99. The van der Waals surface area contributed by atoms with Gasteiger partial charge in [0.25, 0.3) is 0 Å². The molecule has 0 aliphatic heterocycles. The van der Waals surface area contributed by atoms with Crippen LogP contribution in [0.4, 0.5) is 0 Å². The summed E-state index contributed by atoms with van der Waals surface area (Å²) in [5.41, 5.74) is 5.49. The molecule has 1 aliphatic carbocycles. The Morgan fingerprint density at radius 2 is 2.08 bits per heavy atom. The van der Waals surface area contributed by atoms with Crippen LogP contribution in [0.3, 0.4) is 0 Å². The molecular formula is C11H21NO. The summed E-state index contributed by atoms with van der Waals surface area (Å²) in [6.45, 7) is 4.37. The average Bonchev–Trinajstić information content (AvgIpc) is 1.99. The van der Waals surface area contributed by atoms with Crippen LogP contribution < -0.4 is 5.73 Å². The van der Waals surface area contributed by atoms with Gasteiger partial charge in [-0.2, -0.15) is 0 Å². The minimum absolute atomic E-state index is 0.291. The molecule has 1 fully saturated rings. The van der Waals surface area contributed by atoms with Gasteiger partial charge in [-0.25, -0.2) is 0 Å². The second-order valence-corrected chi connectivity index (χ2v) is 4.72.